The van der Waals surface area contributed by atoms with Gasteiger partial charge in [-0.15, -0.1) is 0 Å². The quantitative estimate of drug-likeness (QED) is 0.201. The van der Waals surface area contributed by atoms with Gasteiger partial charge in [0.2, 0.25) is 0 Å². The van der Waals surface area contributed by atoms with Gasteiger partial charge in [-0.3, -0.25) is 0 Å². The Kier molecular flexibility index (Phi) is 7.97. The van der Waals surface area contributed by atoms with E-state index in [1.54, 1.807) is 0 Å². The van der Waals surface area contributed by atoms with Crippen LogP contribution in [0.3, 0.4) is 0 Å². The summed E-state index contributed by atoms with van der Waals surface area (Å²) in [6.07, 6.45) is -14.3. The van der Waals surface area contributed by atoms with Crippen LogP contribution in [0.15, 0.2) is 123 Å². The van der Waals surface area contributed by atoms with E-state index in [1.807, 2.05) is 0 Å². The fraction of sp³-hybridized carbons (Fsp3) is 0.111. The van der Waals surface area contributed by atoms with Crippen molar-refractivity contribution >= 4 is 20.4 Å². The average Bonchev–Trinajstić information content (AvgIpc) is 2.91. The van der Waals surface area contributed by atoms with Crippen LogP contribution in [0.4, 0.5) is 39.5 Å². The maximum Gasteiger partial charge on any atom is 0.416 e. The van der Waals surface area contributed by atoms with E-state index in [-0.39, 0.29) is 14.7 Å². The second-order valence-electron chi connectivity index (χ2n) is 8.46. The van der Waals surface area contributed by atoms with Crippen molar-refractivity contribution in [3.63, 3.8) is 0 Å². The summed E-state index contributed by atoms with van der Waals surface area (Å²) in [6.45, 7) is 0. The van der Waals surface area contributed by atoms with E-state index in [2.05, 4.69) is 0 Å². The van der Waals surface area contributed by atoms with E-state index in [0.29, 0.717) is 48.5 Å². The van der Waals surface area contributed by atoms with Crippen LogP contribution in [0, 0.1) is 0 Å². The van der Waals surface area contributed by atoms with Crippen molar-refractivity contribution in [3.8, 4) is 0 Å². The molecule has 4 aromatic rings. The Hall–Kier alpha value is -3.49. The highest BCUT2D eigenvalue weighted by atomic mass is 32.3. The third-order valence-corrected chi connectivity index (χ3v) is 11.0. The fourth-order valence-electron chi connectivity index (χ4n) is 3.79. The molecule has 0 N–H and O–H groups in total. The van der Waals surface area contributed by atoms with Gasteiger partial charge in [0.25, 0.3) is 0 Å². The van der Waals surface area contributed by atoms with Crippen LogP contribution in [0.1, 0.15) is 16.7 Å². The standard InChI is InChI=1S/C27H17F9O3S2/c28-25(29,30)18-6-12-22(13-7-18)40(21-4-2-1-3-5-21,23-14-8-19(9-15-23)26(31,32)33)39-41(37,38)24-16-10-20(11-17-24)27(34,35)36/h1-17H. The molecule has 0 fully saturated rings. The van der Waals surface area contributed by atoms with Crippen molar-refractivity contribution < 1.29 is 51.6 Å². The highest BCUT2D eigenvalue weighted by Gasteiger charge is 2.41. The summed E-state index contributed by atoms with van der Waals surface area (Å²) < 4.78 is 152. The highest BCUT2D eigenvalue weighted by molar-refractivity contribution is 8.33. The zero-order chi connectivity index (χ0) is 30.3. The number of alkyl halides is 9. The van der Waals surface area contributed by atoms with E-state index in [4.69, 9.17) is 3.63 Å². The van der Waals surface area contributed by atoms with E-state index in [0.717, 1.165) is 24.3 Å². The molecule has 4 rings (SSSR count). The van der Waals surface area contributed by atoms with E-state index < -0.39 is 60.5 Å². The van der Waals surface area contributed by atoms with Crippen LogP contribution in [0.5, 0.6) is 0 Å². The maximum absolute atomic E-state index is 13.5. The Balaban J connectivity index is 1.98. The monoisotopic (exact) mass is 624 g/mol. The van der Waals surface area contributed by atoms with Crippen LogP contribution >= 0.6 is 10.3 Å². The predicted molar refractivity (Wildman–Crippen MR) is 131 cm³/mol. The topological polar surface area (TPSA) is 43.4 Å². The molecule has 0 aliphatic heterocycles. The third-order valence-electron chi connectivity index (χ3n) is 5.76. The zero-order valence-electron chi connectivity index (χ0n) is 20.3. The molecule has 4 aromatic carbocycles. The number of hydrogen-bond acceptors (Lipinski definition) is 3. The molecule has 0 saturated heterocycles. The van der Waals surface area contributed by atoms with Crippen molar-refractivity contribution in [1.29, 1.82) is 0 Å². The maximum atomic E-state index is 13.5. The van der Waals surface area contributed by atoms with Gasteiger partial charge in [-0.1, -0.05) is 18.2 Å². The molecule has 218 valence electrons. The predicted octanol–water partition coefficient (Wildman–Crippen LogP) is 9.35. The molecule has 0 unspecified atom stereocenters. The van der Waals surface area contributed by atoms with Crippen molar-refractivity contribution in [2.45, 2.75) is 38.1 Å². The Bertz CT molecular complexity index is 1540. The van der Waals surface area contributed by atoms with Gasteiger partial charge >= 0.3 is 28.6 Å². The number of benzene rings is 4. The SMILES string of the molecule is O=S(=O)(OS(c1ccccc1)(c1ccc(C(F)(F)F)cc1)c1ccc(C(F)(F)F)cc1)c1ccc(C(F)(F)F)cc1. The molecule has 14 heteroatoms. The summed E-state index contributed by atoms with van der Waals surface area (Å²) in [4.78, 5) is -0.897. The smallest absolute Gasteiger partial charge is 0.203 e. The van der Waals surface area contributed by atoms with Crippen LogP contribution in [0.25, 0.3) is 0 Å². The minimum Gasteiger partial charge on any atom is -0.203 e. The third kappa shape index (κ3) is 6.39. The summed E-state index contributed by atoms with van der Waals surface area (Å²) in [5, 5.41) is 0. The van der Waals surface area contributed by atoms with Gasteiger partial charge in [0.1, 0.15) is 0 Å². The molecule has 0 aliphatic carbocycles. The van der Waals surface area contributed by atoms with Gasteiger partial charge in [-0.25, -0.2) is 3.63 Å². The molecular formula is C27H17F9O3S2. The van der Waals surface area contributed by atoms with Crippen molar-refractivity contribution in [2.75, 3.05) is 0 Å². The Labute approximate surface area is 229 Å². The van der Waals surface area contributed by atoms with Gasteiger partial charge in [-0.2, -0.15) is 47.9 Å². The van der Waals surface area contributed by atoms with Gasteiger partial charge in [0.05, 0.1) is 21.6 Å². The van der Waals surface area contributed by atoms with Gasteiger partial charge < -0.3 is 0 Å². The summed E-state index contributed by atoms with van der Waals surface area (Å²) in [7, 11) is -8.62. The van der Waals surface area contributed by atoms with E-state index in [9.17, 15) is 47.9 Å². The van der Waals surface area contributed by atoms with Gasteiger partial charge in [-0.05, 0) is 95.2 Å². The molecule has 3 nitrogen and oxygen atoms in total. The first-order chi connectivity index (χ1) is 18.9. The lowest BCUT2D eigenvalue weighted by Crippen LogP contribution is -2.16. The summed E-state index contributed by atoms with van der Waals surface area (Å²) in [5.74, 6) is 0. The van der Waals surface area contributed by atoms with E-state index in [1.165, 1.54) is 30.3 Å². The lowest BCUT2D eigenvalue weighted by Gasteiger charge is -2.39. The van der Waals surface area contributed by atoms with Crippen LogP contribution in [0.2, 0.25) is 0 Å². The first kappa shape index (κ1) is 30.5. The first-order valence-corrected chi connectivity index (χ1v) is 14.3. The van der Waals surface area contributed by atoms with Crippen LogP contribution in [-0.2, 0) is 32.3 Å². The summed E-state index contributed by atoms with van der Waals surface area (Å²) >= 11 is 0. The Morgan fingerprint density at radius 2 is 0.707 bits per heavy atom. The number of hydrogen-bond donors (Lipinski definition) is 0. The average molecular weight is 625 g/mol. The van der Waals surface area contributed by atoms with Crippen LogP contribution in [-0.4, -0.2) is 8.42 Å². The molecule has 0 aromatic heterocycles. The molecule has 0 bridgehead atoms. The zero-order valence-corrected chi connectivity index (χ0v) is 21.9. The van der Waals surface area contributed by atoms with Gasteiger partial charge in [0.15, 0.2) is 0 Å². The summed E-state index contributed by atoms with van der Waals surface area (Å²) in [6, 6.07) is 16.0. The molecule has 41 heavy (non-hydrogen) atoms. The summed E-state index contributed by atoms with van der Waals surface area (Å²) in [5.41, 5.74) is -3.31. The molecular weight excluding hydrogens is 607 g/mol. The van der Waals surface area contributed by atoms with E-state index >= 15 is 0 Å². The molecule has 0 spiro atoms. The Morgan fingerprint density at radius 3 is 1.02 bits per heavy atom. The number of rotatable bonds is 6. The van der Waals surface area contributed by atoms with Crippen molar-refractivity contribution in [1.82, 2.24) is 0 Å². The van der Waals surface area contributed by atoms with Gasteiger partial charge in [0, 0.05) is 14.7 Å². The largest absolute Gasteiger partial charge is 0.416 e. The minimum absolute atomic E-state index is 0.0787. The molecule has 0 saturated carbocycles. The molecule has 0 amide bonds. The second kappa shape index (κ2) is 10.7. The van der Waals surface area contributed by atoms with Crippen molar-refractivity contribution in [3.05, 3.63) is 120 Å². The molecule has 0 atom stereocenters. The lowest BCUT2D eigenvalue weighted by atomic mass is 10.2. The highest BCUT2D eigenvalue weighted by Crippen LogP contribution is 2.70. The second-order valence-corrected chi connectivity index (χ2v) is 12.9. The molecule has 0 aliphatic rings. The molecule has 0 heterocycles. The normalized spacial score (nSPS) is 13.7. The first-order valence-electron chi connectivity index (χ1n) is 11.3. The fourth-order valence-corrected chi connectivity index (χ4v) is 8.99. The lowest BCUT2D eigenvalue weighted by molar-refractivity contribution is -0.138. The minimum atomic E-state index is -4.98. The Morgan fingerprint density at radius 1 is 0.415 bits per heavy atom. The van der Waals surface area contributed by atoms with Crippen LogP contribution < -0.4 is 0 Å². The number of halogens is 9. The molecule has 0 radical (unpaired) electrons. The van der Waals surface area contributed by atoms with Crippen molar-refractivity contribution in [2.24, 2.45) is 0 Å².